The van der Waals surface area contributed by atoms with Crippen LogP contribution >= 0.6 is 11.8 Å². The minimum absolute atomic E-state index is 0.640. The van der Waals surface area contributed by atoms with E-state index in [0.29, 0.717) is 12.3 Å². The fraction of sp³-hybridized carbons (Fsp3) is 0.385. The predicted octanol–water partition coefficient (Wildman–Crippen LogP) is 2.45. The van der Waals surface area contributed by atoms with Gasteiger partial charge in [0.1, 0.15) is 5.75 Å². The predicted molar refractivity (Wildman–Crippen MR) is 76.7 cm³/mol. The Morgan fingerprint density at radius 1 is 1.47 bits per heavy atom. The first-order valence-electron chi connectivity index (χ1n) is 5.54. The summed E-state index contributed by atoms with van der Waals surface area (Å²) in [4.78, 5) is 0. The molecule has 3 nitrogen and oxygen atoms in total. The Labute approximate surface area is 107 Å². The van der Waals surface area contributed by atoms with Crippen LogP contribution in [0.3, 0.4) is 0 Å². The fourth-order valence-electron chi connectivity index (χ4n) is 1.37. The molecule has 1 aromatic carbocycles. The first-order valence-corrected chi connectivity index (χ1v) is 6.70. The molecule has 1 rings (SSSR count). The summed E-state index contributed by atoms with van der Waals surface area (Å²) in [6.07, 6.45) is 5.17. The molecule has 0 spiro atoms. The van der Waals surface area contributed by atoms with E-state index < -0.39 is 0 Å². The number of benzene rings is 1. The van der Waals surface area contributed by atoms with E-state index in [-0.39, 0.29) is 0 Å². The van der Waals surface area contributed by atoms with Gasteiger partial charge in [-0.25, -0.2) is 0 Å². The van der Waals surface area contributed by atoms with E-state index in [2.05, 4.69) is 11.2 Å². The lowest BCUT2D eigenvalue weighted by Crippen LogP contribution is -2.05. The first-order chi connectivity index (χ1) is 8.26. The standard InChI is InChI=1S/C13H18N2OS/c1-3-6-17-7-5-15-12-8-11(14)9-13(10-12)16-4-2/h1,8-10,15H,4-7,14H2,2H3. The van der Waals surface area contributed by atoms with Crippen LogP contribution in [0.1, 0.15) is 6.92 Å². The van der Waals surface area contributed by atoms with Crippen molar-refractivity contribution in [3.63, 3.8) is 0 Å². The van der Waals surface area contributed by atoms with Crippen LogP contribution in [0.25, 0.3) is 0 Å². The summed E-state index contributed by atoms with van der Waals surface area (Å²) >= 11 is 1.73. The number of nitrogen functional groups attached to an aromatic ring is 1. The topological polar surface area (TPSA) is 47.3 Å². The highest BCUT2D eigenvalue weighted by molar-refractivity contribution is 7.99. The molecule has 0 heterocycles. The van der Waals surface area contributed by atoms with Gasteiger partial charge in [-0.2, -0.15) is 0 Å². The Morgan fingerprint density at radius 3 is 3.00 bits per heavy atom. The second-order valence-corrected chi connectivity index (χ2v) is 4.51. The Kier molecular flexibility index (Phi) is 6.19. The van der Waals surface area contributed by atoms with E-state index in [1.807, 2.05) is 25.1 Å². The van der Waals surface area contributed by atoms with Gasteiger partial charge in [0.15, 0.2) is 0 Å². The molecule has 0 bridgehead atoms. The van der Waals surface area contributed by atoms with Crippen LogP contribution in [-0.2, 0) is 0 Å². The van der Waals surface area contributed by atoms with Crippen LogP contribution in [0, 0.1) is 12.3 Å². The maximum absolute atomic E-state index is 5.79. The summed E-state index contributed by atoms with van der Waals surface area (Å²) in [6, 6.07) is 5.67. The van der Waals surface area contributed by atoms with E-state index >= 15 is 0 Å². The van der Waals surface area contributed by atoms with Crippen molar-refractivity contribution >= 4 is 23.1 Å². The molecule has 92 valence electrons. The van der Waals surface area contributed by atoms with Gasteiger partial charge in [-0.1, -0.05) is 5.92 Å². The average molecular weight is 250 g/mol. The van der Waals surface area contributed by atoms with Crippen LogP contribution in [0.5, 0.6) is 5.75 Å². The Morgan fingerprint density at radius 2 is 2.29 bits per heavy atom. The van der Waals surface area contributed by atoms with E-state index in [1.54, 1.807) is 11.8 Å². The molecule has 3 N–H and O–H groups in total. The molecule has 0 fully saturated rings. The number of thioether (sulfide) groups is 1. The number of nitrogens with two attached hydrogens (primary N) is 1. The summed E-state index contributed by atoms with van der Waals surface area (Å²) in [6.45, 7) is 3.45. The fourth-order valence-corrected chi connectivity index (χ4v) is 1.88. The summed E-state index contributed by atoms with van der Waals surface area (Å²) < 4.78 is 5.42. The molecule has 1 aromatic rings. The molecule has 0 unspecified atom stereocenters. The van der Waals surface area contributed by atoms with Crippen molar-refractivity contribution in [3.8, 4) is 18.1 Å². The van der Waals surface area contributed by atoms with Crippen molar-refractivity contribution in [3.05, 3.63) is 18.2 Å². The third kappa shape index (κ3) is 5.41. The van der Waals surface area contributed by atoms with Gasteiger partial charge < -0.3 is 15.8 Å². The van der Waals surface area contributed by atoms with Crippen LogP contribution in [0.2, 0.25) is 0 Å². The lowest BCUT2D eigenvalue weighted by molar-refractivity contribution is 0.340. The third-order valence-corrected chi connectivity index (χ3v) is 2.86. The maximum atomic E-state index is 5.79. The number of hydrogen-bond donors (Lipinski definition) is 2. The van der Waals surface area contributed by atoms with Gasteiger partial charge in [0, 0.05) is 35.8 Å². The smallest absolute Gasteiger partial charge is 0.123 e. The Balaban J connectivity index is 2.44. The van der Waals surface area contributed by atoms with Crippen LogP contribution in [0.4, 0.5) is 11.4 Å². The van der Waals surface area contributed by atoms with Crippen LogP contribution < -0.4 is 15.8 Å². The van der Waals surface area contributed by atoms with Gasteiger partial charge in [0.2, 0.25) is 0 Å². The maximum Gasteiger partial charge on any atom is 0.123 e. The molecule has 0 saturated carbocycles. The molecule has 0 radical (unpaired) electrons. The van der Waals surface area contributed by atoms with Gasteiger partial charge >= 0.3 is 0 Å². The Bertz CT molecular complexity index is 387. The van der Waals surface area contributed by atoms with Gasteiger partial charge in [-0.3, -0.25) is 0 Å². The van der Waals surface area contributed by atoms with E-state index in [1.165, 1.54) is 0 Å². The van der Waals surface area contributed by atoms with E-state index in [4.69, 9.17) is 16.9 Å². The third-order valence-electron chi connectivity index (χ3n) is 2.00. The first kappa shape index (κ1) is 13.6. The molecule has 17 heavy (non-hydrogen) atoms. The summed E-state index contributed by atoms with van der Waals surface area (Å²) in [5, 5.41) is 3.29. The largest absolute Gasteiger partial charge is 0.494 e. The van der Waals surface area contributed by atoms with Gasteiger partial charge in [-0.15, -0.1) is 18.2 Å². The molecule has 0 aromatic heterocycles. The zero-order valence-corrected chi connectivity index (χ0v) is 10.8. The minimum atomic E-state index is 0.640. The van der Waals surface area contributed by atoms with Crippen molar-refractivity contribution < 1.29 is 4.74 Å². The molecular formula is C13H18N2OS. The molecule has 0 atom stereocenters. The van der Waals surface area contributed by atoms with E-state index in [0.717, 1.165) is 29.5 Å². The second kappa shape index (κ2) is 7.75. The molecule has 0 aliphatic heterocycles. The van der Waals surface area contributed by atoms with Crippen molar-refractivity contribution in [2.24, 2.45) is 0 Å². The molecule has 0 amide bonds. The number of ether oxygens (including phenoxy) is 1. The number of hydrogen-bond acceptors (Lipinski definition) is 4. The number of rotatable bonds is 7. The zero-order chi connectivity index (χ0) is 12.5. The van der Waals surface area contributed by atoms with Crippen molar-refractivity contribution in [1.82, 2.24) is 0 Å². The highest BCUT2D eigenvalue weighted by Crippen LogP contribution is 2.22. The second-order valence-electron chi connectivity index (χ2n) is 3.41. The minimum Gasteiger partial charge on any atom is -0.494 e. The van der Waals surface area contributed by atoms with Crippen molar-refractivity contribution in [1.29, 1.82) is 0 Å². The molecule has 0 aliphatic carbocycles. The lowest BCUT2D eigenvalue weighted by Gasteiger charge is -2.10. The van der Waals surface area contributed by atoms with Crippen molar-refractivity contribution in [2.45, 2.75) is 6.92 Å². The van der Waals surface area contributed by atoms with Gasteiger partial charge in [0.25, 0.3) is 0 Å². The zero-order valence-electron chi connectivity index (χ0n) is 10.0. The van der Waals surface area contributed by atoms with Gasteiger partial charge in [-0.05, 0) is 13.0 Å². The molecule has 0 aliphatic rings. The highest BCUT2D eigenvalue weighted by Gasteiger charge is 1.99. The normalized spacial score (nSPS) is 9.65. The molecule has 0 saturated heterocycles. The number of terminal acetylenes is 1. The highest BCUT2D eigenvalue weighted by atomic mass is 32.2. The lowest BCUT2D eigenvalue weighted by atomic mass is 10.2. The number of anilines is 2. The molecular weight excluding hydrogens is 232 g/mol. The molecule has 4 heteroatoms. The SMILES string of the molecule is C#CCSCCNc1cc(N)cc(OCC)c1. The van der Waals surface area contributed by atoms with Crippen LogP contribution in [0.15, 0.2) is 18.2 Å². The summed E-state index contributed by atoms with van der Waals surface area (Å²) in [5.41, 5.74) is 7.47. The van der Waals surface area contributed by atoms with Crippen molar-refractivity contribution in [2.75, 3.05) is 35.7 Å². The van der Waals surface area contributed by atoms with E-state index in [9.17, 15) is 0 Å². The number of nitrogens with one attached hydrogen (secondary N) is 1. The van der Waals surface area contributed by atoms with Gasteiger partial charge in [0.05, 0.1) is 12.4 Å². The summed E-state index contributed by atoms with van der Waals surface area (Å²) in [7, 11) is 0. The quantitative estimate of drug-likeness (QED) is 0.443. The average Bonchev–Trinajstić information content (AvgIpc) is 2.28. The van der Waals surface area contributed by atoms with Crippen LogP contribution in [-0.4, -0.2) is 24.7 Å². The Hall–Kier alpha value is -1.47. The summed E-state index contributed by atoms with van der Waals surface area (Å²) in [5.74, 6) is 5.12. The monoisotopic (exact) mass is 250 g/mol.